The molecule has 0 aliphatic heterocycles. The first-order valence-electron chi connectivity index (χ1n) is 18.3. The SMILES string of the molecule is CCCCCCCCCCCCCCCCCCC[n+]1ccc(CCCCCCC)c(CCCCCCC)c1. The molecule has 39 heavy (non-hydrogen) atoms. The van der Waals surface area contributed by atoms with Gasteiger partial charge in [-0.15, -0.1) is 0 Å². The molecule has 0 aliphatic carbocycles. The van der Waals surface area contributed by atoms with Crippen LogP contribution in [0.1, 0.15) is 205 Å². The summed E-state index contributed by atoms with van der Waals surface area (Å²) < 4.78 is 2.51. The molecule has 0 amide bonds. The van der Waals surface area contributed by atoms with Gasteiger partial charge in [0.2, 0.25) is 0 Å². The molecule has 1 nitrogen and oxygen atoms in total. The monoisotopic (exact) mass is 543 g/mol. The summed E-state index contributed by atoms with van der Waals surface area (Å²) >= 11 is 0. The third-order valence-corrected chi connectivity index (χ3v) is 8.82. The average molecular weight is 543 g/mol. The number of aromatic nitrogens is 1. The average Bonchev–Trinajstić information content (AvgIpc) is 2.95. The van der Waals surface area contributed by atoms with E-state index in [2.05, 4.69) is 43.8 Å². The highest BCUT2D eigenvalue weighted by molar-refractivity contribution is 5.21. The molecule has 1 aromatic heterocycles. The van der Waals surface area contributed by atoms with Gasteiger partial charge in [-0.05, 0) is 37.7 Å². The molecule has 0 aromatic carbocycles. The molecular formula is C38H72N+. The number of unbranched alkanes of at least 4 members (excludes halogenated alkanes) is 24. The highest BCUT2D eigenvalue weighted by Crippen LogP contribution is 2.17. The van der Waals surface area contributed by atoms with E-state index in [1.54, 1.807) is 11.1 Å². The molecule has 0 N–H and O–H groups in total. The molecule has 0 saturated heterocycles. The van der Waals surface area contributed by atoms with E-state index in [9.17, 15) is 0 Å². The second kappa shape index (κ2) is 28.7. The van der Waals surface area contributed by atoms with E-state index in [-0.39, 0.29) is 0 Å². The molecule has 0 saturated carbocycles. The molecule has 1 aromatic rings. The number of nitrogens with zero attached hydrogens (tertiary/aromatic N) is 1. The second-order valence-electron chi connectivity index (χ2n) is 12.7. The molecule has 1 heteroatoms. The van der Waals surface area contributed by atoms with Crippen LogP contribution in [0.2, 0.25) is 0 Å². The minimum Gasteiger partial charge on any atom is -0.205 e. The quantitative estimate of drug-likeness (QED) is 0.0672. The van der Waals surface area contributed by atoms with Crippen molar-refractivity contribution < 1.29 is 4.57 Å². The molecule has 0 unspecified atom stereocenters. The Labute approximate surface area is 247 Å². The Morgan fingerprint density at radius 1 is 0.385 bits per heavy atom. The number of hydrogen-bond donors (Lipinski definition) is 0. The minimum atomic E-state index is 1.21. The van der Waals surface area contributed by atoms with Crippen LogP contribution in [0.15, 0.2) is 18.5 Å². The predicted octanol–water partition coefficient (Wildman–Crippen LogP) is 12.7. The molecular weight excluding hydrogens is 470 g/mol. The largest absolute Gasteiger partial charge is 0.205 e. The van der Waals surface area contributed by atoms with Crippen LogP contribution in [-0.4, -0.2) is 0 Å². The van der Waals surface area contributed by atoms with Crippen molar-refractivity contribution in [1.29, 1.82) is 0 Å². The van der Waals surface area contributed by atoms with Gasteiger partial charge in [-0.1, -0.05) is 168 Å². The van der Waals surface area contributed by atoms with Gasteiger partial charge in [0.05, 0.1) is 0 Å². The van der Waals surface area contributed by atoms with Crippen molar-refractivity contribution in [3.63, 3.8) is 0 Å². The van der Waals surface area contributed by atoms with Gasteiger partial charge in [-0.25, -0.2) is 4.57 Å². The van der Waals surface area contributed by atoms with Crippen LogP contribution >= 0.6 is 0 Å². The van der Waals surface area contributed by atoms with Gasteiger partial charge in [0, 0.05) is 18.1 Å². The lowest BCUT2D eigenvalue weighted by atomic mass is 9.98. The maximum atomic E-state index is 2.52. The van der Waals surface area contributed by atoms with Crippen LogP contribution in [0.3, 0.4) is 0 Å². The Hall–Kier alpha value is -0.850. The Morgan fingerprint density at radius 3 is 1.13 bits per heavy atom. The molecule has 0 bridgehead atoms. The summed E-state index contributed by atoms with van der Waals surface area (Å²) in [7, 11) is 0. The maximum absolute atomic E-state index is 2.52. The van der Waals surface area contributed by atoms with Crippen molar-refractivity contribution >= 4 is 0 Å². The smallest absolute Gasteiger partial charge is 0.172 e. The van der Waals surface area contributed by atoms with Crippen molar-refractivity contribution in [3.05, 3.63) is 29.6 Å². The first kappa shape index (κ1) is 36.2. The van der Waals surface area contributed by atoms with Gasteiger partial charge < -0.3 is 0 Å². The van der Waals surface area contributed by atoms with Crippen LogP contribution in [0.4, 0.5) is 0 Å². The zero-order chi connectivity index (χ0) is 28.1. The first-order valence-corrected chi connectivity index (χ1v) is 18.3. The molecule has 1 heterocycles. The van der Waals surface area contributed by atoms with Gasteiger partial charge in [-0.2, -0.15) is 0 Å². The summed E-state index contributed by atoms with van der Waals surface area (Å²) in [6.07, 6.45) is 45.9. The van der Waals surface area contributed by atoms with E-state index in [0.717, 1.165) is 0 Å². The molecule has 1 rings (SSSR count). The summed E-state index contributed by atoms with van der Waals surface area (Å²) in [5.41, 5.74) is 3.29. The van der Waals surface area contributed by atoms with Gasteiger partial charge in [0.15, 0.2) is 12.4 Å². The zero-order valence-corrected chi connectivity index (χ0v) is 27.4. The topological polar surface area (TPSA) is 3.88 Å². The Morgan fingerprint density at radius 2 is 0.718 bits per heavy atom. The predicted molar refractivity (Wildman–Crippen MR) is 176 cm³/mol. The number of aryl methyl sites for hydroxylation is 3. The third-order valence-electron chi connectivity index (χ3n) is 8.82. The summed E-state index contributed by atoms with van der Waals surface area (Å²) in [6, 6.07) is 2.47. The van der Waals surface area contributed by atoms with E-state index < -0.39 is 0 Å². The summed E-state index contributed by atoms with van der Waals surface area (Å²) in [5.74, 6) is 0. The van der Waals surface area contributed by atoms with Crippen LogP contribution in [0, 0.1) is 0 Å². The molecule has 0 spiro atoms. The highest BCUT2D eigenvalue weighted by atomic mass is 14.9. The lowest BCUT2D eigenvalue weighted by Gasteiger charge is -2.09. The molecule has 228 valence electrons. The van der Waals surface area contributed by atoms with Crippen LogP contribution in [0.25, 0.3) is 0 Å². The van der Waals surface area contributed by atoms with E-state index >= 15 is 0 Å². The molecule has 0 aliphatic rings. The van der Waals surface area contributed by atoms with Crippen LogP contribution in [0.5, 0.6) is 0 Å². The lowest BCUT2D eigenvalue weighted by molar-refractivity contribution is -0.697. The number of pyridine rings is 1. The van der Waals surface area contributed by atoms with Gasteiger partial charge >= 0.3 is 0 Å². The summed E-state index contributed by atoms with van der Waals surface area (Å²) in [5, 5.41) is 0. The van der Waals surface area contributed by atoms with Crippen LogP contribution in [-0.2, 0) is 19.4 Å². The summed E-state index contributed by atoms with van der Waals surface area (Å²) in [6.45, 7) is 8.14. The highest BCUT2D eigenvalue weighted by Gasteiger charge is 2.10. The Bertz CT molecular complexity index is 621. The van der Waals surface area contributed by atoms with Gasteiger partial charge in [0.1, 0.15) is 6.54 Å². The van der Waals surface area contributed by atoms with Crippen LogP contribution < -0.4 is 4.57 Å². The molecule has 0 radical (unpaired) electrons. The fourth-order valence-corrected chi connectivity index (χ4v) is 6.08. The fourth-order valence-electron chi connectivity index (χ4n) is 6.08. The van der Waals surface area contributed by atoms with Gasteiger partial charge in [-0.3, -0.25) is 0 Å². The normalized spacial score (nSPS) is 11.5. The van der Waals surface area contributed by atoms with E-state index in [1.807, 2.05) is 0 Å². The first-order chi connectivity index (χ1) is 19.3. The Kier molecular flexibility index (Phi) is 26.6. The van der Waals surface area contributed by atoms with E-state index in [0.29, 0.717) is 0 Å². The van der Waals surface area contributed by atoms with E-state index in [4.69, 9.17) is 0 Å². The van der Waals surface area contributed by atoms with Crippen molar-refractivity contribution in [3.8, 4) is 0 Å². The van der Waals surface area contributed by atoms with Crippen molar-refractivity contribution in [2.75, 3.05) is 0 Å². The fraction of sp³-hybridized carbons (Fsp3) is 0.868. The summed E-state index contributed by atoms with van der Waals surface area (Å²) in [4.78, 5) is 0. The van der Waals surface area contributed by atoms with Crippen molar-refractivity contribution in [2.45, 2.75) is 214 Å². The number of rotatable bonds is 30. The zero-order valence-electron chi connectivity index (χ0n) is 27.4. The maximum Gasteiger partial charge on any atom is 0.172 e. The standard InChI is InChI=1S/C38H72N/c1-4-7-10-13-14-15-16-17-18-19-20-21-22-23-24-27-30-34-39-35-33-37(31-28-25-11-8-5-2)38(36-39)32-29-26-12-9-6-3/h33,35-36H,4-32,34H2,1-3H3/q+1. The number of hydrogen-bond acceptors (Lipinski definition) is 0. The third kappa shape index (κ3) is 22.5. The second-order valence-corrected chi connectivity index (χ2v) is 12.7. The Balaban J connectivity index is 2.13. The molecule has 0 atom stereocenters. The molecule has 0 fully saturated rings. The minimum absolute atomic E-state index is 1.21. The van der Waals surface area contributed by atoms with E-state index in [1.165, 1.54) is 193 Å². The van der Waals surface area contributed by atoms with Gasteiger partial charge in [0.25, 0.3) is 0 Å². The van der Waals surface area contributed by atoms with Crippen molar-refractivity contribution in [1.82, 2.24) is 0 Å². The van der Waals surface area contributed by atoms with Crippen molar-refractivity contribution in [2.24, 2.45) is 0 Å². The lowest BCUT2D eigenvalue weighted by Crippen LogP contribution is -2.34.